The van der Waals surface area contributed by atoms with Crippen LogP contribution >= 0.6 is 0 Å². The van der Waals surface area contributed by atoms with E-state index in [4.69, 9.17) is 0 Å². The van der Waals surface area contributed by atoms with Gasteiger partial charge in [-0.1, -0.05) is 25.0 Å². The monoisotopic (exact) mass is 324 g/mol. The van der Waals surface area contributed by atoms with E-state index in [1.807, 2.05) is 29.2 Å². The van der Waals surface area contributed by atoms with Crippen molar-refractivity contribution in [3.8, 4) is 0 Å². The average molecular weight is 324 g/mol. The highest BCUT2D eigenvalue weighted by Gasteiger charge is 2.16. The molecule has 1 N–H and O–H groups in total. The smallest absolute Gasteiger partial charge is 0.253 e. The van der Waals surface area contributed by atoms with E-state index in [1.54, 1.807) is 0 Å². The Bertz CT molecular complexity index is 588. The number of nitrogens with zero attached hydrogens (tertiary/aromatic N) is 1. The van der Waals surface area contributed by atoms with Crippen LogP contribution in [0.3, 0.4) is 0 Å². The third-order valence-electron chi connectivity index (χ3n) is 3.87. The van der Waals surface area contributed by atoms with Crippen molar-refractivity contribution in [2.75, 3.05) is 25.9 Å². The van der Waals surface area contributed by atoms with Gasteiger partial charge in [-0.05, 0) is 37.0 Å². The largest absolute Gasteiger partial charge is 0.339 e. The maximum absolute atomic E-state index is 12.4. The number of benzene rings is 1. The number of carbonyl (C=O) groups is 1. The van der Waals surface area contributed by atoms with Gasteiger partial charge in [0.2, 0.25) is 10.0 Å². The van der Waals surface area contributed by atoms with E-state index in [1.165, 1.54) is 12.8 Å². The Morgan fingerprint density at radius 2 is 1.68 bits per heavy atom. The maximum atomic E-state index is 12.4. The quantitative estimate of drug-likeness (QED) is 0.898. The first-order valence-electron chi connectivity index (χ1n) is 7.78. The topological polar surface area (TPSA) is 66.5 Å². The summed E-state index contributed by atoms with van der Waals surface area (Å²) in [6.07, 6.45) is 6.34. The lowest BCUT2D eigenvalue weighted by Gasteiger charge is -2.20. The molecule has 2 rings (SSSR count). The van der Waals surface area contributed by atoms with Gasteiger partial charge in [0.25, 0.3) is 5.91 Å². The molecular weight excluding hydrogens is 300 g/mol. The normalized spacial score (nSPS) is 16.3. The maximum Gasteiger partial charge on any atom is 0.253 e. The lowest BCUT2D eigenvalue weighted by atomic mass is 10.1. The van der Waals surface area contributed by atoms with Gasteiger partial charge in [0.1, 0.15) is 0 Å². The van der Waals surface area contributed by atoms with Crippen molar-refractivity contribution in [2.24, 2.45) is 0 Å². The van der Waals surface area contributed by atoms with E-state index in [9.17, 15) is 13.2 Å². The number of carbonyl (C=O) groups excluding carboxylic acids is 1. The fourth-order valence-electron chi connectivity index (χ4n) is 2.65. The van der Waals surface area contributed by atoms with Gasteiger partial charge in [-0.3, -0.25) is 4.79 Å². The first kappa shape index (κ1) is 17.0. The van der Waals surface area contributed by atoms with Crippen molar-refractivity contribution in [3.05, 3.63) is 35.4 Å². The molecule has 5 nitrogen and oxygen atoms in total. The molecule has 1 aliphatic rings. The Hall–Kier alpha value is -1.40. The molecule has 1 heterocycles. The van der Waals surface area contributed by atoms with E-state index < -0.39 is 10.0 Å². The second-order valence-corrected chi connectivity index (χ2v) is 7.65. The van der Waals surface area contributed by atoms with Crippen LogP contribution in [0.25, 0.3) is 0 Å². The Kier molecular flexibility index (Phi) is 5.97. The highest BCUT2D eigenvalue weighted by Crippen LogP contribution is 2.14. The molecule has 0 atom stereocenters. The van der Waals surface area contributed by atoms with Gasteiger partial charge in [-0.25, -0.2) is 13.1 Å². The summed E-state index contributed by atoms with van der Waals surface area (Å²) in [5.41, 5.74) is 1.73. The molecular formula is C16H24N2O3S. The average Bonchev–Trinajstić information content (AvgIpc) is 2.75. The van der Waals surface area contributed by atoms with Gasteiger partial charge in [-0.2, -0.15) is 0 Å². The molecule has 1 aromatic carbocycles. The molecule has 1 amide bonds. The molecule has 1 aromatic rings. The lowest BCUT2D eigenvalue weighted by Crippen LogP contribution is -2.31. The SMILES string of the molecule is CS(=O)(=O)NCCc1ccc(C(=O)N2CCCCCC2)cc1. The summed E-state index contributed by atoms with van der Waals surface area (Å²) in [6.45, 7) is 2.07. The second-order valence-electron chi connectivity index (χ2n) is 5.82. The van der Waals surface area contributed by atoms with Crippen LogP contribution in [-0.2, 0) is 16.4 Å². The summed E-state index contributed by atoms with van der Waals surface area (Å²) in [7, 11) is -3.14. The van der Waals surface area contributed by atoms with Crippen molar-refractivity contribution < 1.29 is 13.2 Å². The molecule has 0 bridgehead atoms. The van der Waals surface area contributed by atoms with Crippen LogP contribution in [0.1, 0.15) is 41.6 Å². The summed E-state index contributed by atoms with van der Waals surface area (Å²) < 4.78 is 24.5. The Labute approximate surface area is 132 Å². The van der Waals surface area contributed by atoms with Crippen LogP contribution in [0.15, 0.2) is 24.3 Å². The Balaban J connectivity index is 1.91. The minimum atomic E-state index is -3.14. The summed E-state index contributed by atoms with van der Waals surface area (Å²) in [5.74, 6) is 0.0997. The number of nitrogens with one attached hydrogen (secondary N) is 1. The summed E-state index contributed by atoms with van der Waals surface area (Å²) in [4.78, 5) is 14.4. The number of sulfonamides is 1. The molecule has 22 heavy (non-hydrogen) atoms. The molecule has 0 spiro atoms. The number of rotatable bonds is 5. The fourth-order valence-corrected chi connectivity index (χ4v) is 3.12. The Morgan fingerprint density at radius 3 is 2.23 bits per heavy atom. The minimum absolute atomic E-state index is 0.0997. The summed E-state index contributed by atoms with van der Waals surface area (Å²) in [6, 6.07) is 7.47. The van der Waals surface area contributed by atoms with Crippen LogP contribution in [0, 0.1) is 0 Å². The molecule has 0 aliphatic carbocycles. The number of likely N-dealkylation sites (tertiary alicyclic amines) is 1. The molecule has 0 radical (unpaired) electrons. The lowest BCUT2D eigenvalue weighted by molar-refractivity contribution is 0.0761. The summed E-state index contributed by atoms with van der Waals surface area (Å²) in [5, 5.41) is 0. The first-order valence-corrected chi connectivity index (χ1v) is 9.68. The van der Waals surface area contributed by atoms with Crippen molar-refractivity contribution >= 4 is 15.9 Å². The van der Waals surface area contributed by atoms with E-state index in [0.717, 1.165) is 37.8 Å². The zero-order valence-electron chi connectivity index (χ0n) is 13.0. The zero-order valence-corrected chi connectivity index (χ0v) is 13.9. The second kappa shape index (κ2) is 7.74. The minimum Gasteiger partial charge on any atom is -0.339 e. The van der Waals surface area contributed by atoms with E-state index in [0.29, 0.717) is 18.5 Å². The van der Waals surface area contributed by atoms with Crippen LogP contribution in [0.5, 0.6) is 0 Å². The van der Waals surface area contributed by atoms with Crippen LogP contribution in [0.4, 0.5) is 0 Å². The summed E-state index contributed by atoms with van der Waals surface area (Å²) >= 11 is 0. The third-order valence-corrected chi connectivity index (χ3v) is 4.60. The van der Waals surface area contributed by atoms with Gasteiger partial charge in [0.05, 0.1) is 6.26 Å². The van der Waals surface area contributed by atoms with Crippen molar-refractivity contribution in [1.82, 2.24) is 9.62 Å². The van der Waals surface area contributed by atoms with Gasteiger partial charge in [-0.15, -0.1) is 0 Å². The molecule has 122 valence electrons. The van der Waals surface area contributed by atoms with E-state index >= 15 is 0 Å². The Morgan fingerprint density at radius 1 is 1.09 bits per heavy atom. The van der Waals surface area contributed by atoms with Crippen molar-refractivity contribution in [3.63, 3.8) is 0 Å². The molecule has 6 heteroatoms. The van der Waals surface area contributed by atoms with E-state index in [2.05, 4.69) is 4.72 Å². The molecule has 0 saturated carbocycles. The highest BCUT2D eigenvalue weighted by molar-refractivity contribution is 7.88. The standard InChI is InChI=1S/C16H24N2O3S/c1-22(20,21)17-11-10-14-6-8-15(9-7-14)16(19)18-12-4-2-3-5-13-18/h6-9,17H,2-5,10-13H2,1H3. The van der Waals surface area contributed by atoms with Crippen LogP contribution in [0.2, 0.25) is 0 Å². The first-order chi connectivity index (χ1) is 10.5. The molecule has 0 unspecified atom stereocenters. The fraction of sp³-hybridized carbons (Fsp3) is 0.562. The highest BCUT2D eigenvalue weighted by atomic mass is 32.2. The van der Waals surface area contributed by atoms with Gasteiger partial charge in [0.15, 0.2) is 0 Å². The van der Waals surface area contributed by atoms with Crippen molar-refractivity contribution in [1.29, 1.82) is 0 Å². The predicted molar refractivity (Wildman–Crippen MR) is 87.4 cm³/mol. The molecule has 1 saturated heterocycles. The molecule has 1 aliphatic heterocycles. The number of hydrogen-bond acceptors (Lipinski definition) is 3. The number of hydrogen-bond donors (Lipinski definition) is 1. The van der Waals surface area contributed by atoms with Crippen LogP contribution in [-0.4, -0.2) is 45.1 Å². The van der Waals surface area contributed by atoms with E-state index in [-0.39, 0.29) is 5.91 Å². The third kappa shape index (κ3) is 5.42. The van der Waals surface area contributed by atoms with Gasteiger partial charge < -0.3 is 4.90 Å². The van der Waals surface area contributed by atoms with Gasteiger partial charge >= 0.3 is 0 Å². The van der Waals surface area contributed by atoms with Crippen molar-refractivity contribution in [2.45, 2.75) is 32.1 Å². The molecule has 0 aromatic heterocycles. The van der Waals surface area contributed by atoms with Crippen LogP contribution < -0.4 is 4.72 Å². The molecule has 1 fully saturated rings. The number of amides is 1. The zero-order chi connectivity index (χ0) is 16.0. The predicted octanol–water partition coefficient (Wildman–Crippen LogP) is 1.79. The van der Waals surface area contributed by atoms with Gasteiger partial charge in [0, 0.05) is 25.2 Å².